The van der Waals surface area contributed by atoms with Crippen molar-refractivity contribution in [1.82, 2.24) is 10.3 Å². The summed E-state index contributed by atoms with van der Waals surface area (Å²) in [5.41, 5.74) is 2.44. The van der Waals surface area contributed by atoms with Gasteiger partial charge in [-0.05, 0) is 45.4 Å². The monoisotopic (exact) mass is 253 g/mol. The Morgan fingerprint density at radius 2 is 2.35 bits per heavy atom. The van der Waals surface area contributed by atoms with Gasteiger partial charge in [-0.2, -0.15) is 0 Å². The number of hydrazine groups is 1. The molecule has 1 aromatic heterocycles. The molecule has 0 radical (unpaired) electrons. The van der Waals surface area contributed by atoms with Gasteiger partial charge >= 0.3 is 0 Å². The van der Waals surface area contributed by atoms with Gasteiger partial charge in [-0.25, -0.2) is 5.84 Å². The second-order valence-corrected chi connectivity index (χ2v) is 6.25. The number of nitrogens with one attached hydrogen (secondary N) is 1. The maximum absolute atomic E-state index is 11.4. The number of hydrogen-bond acceptors (Lipinski definition) is 4. The highest BCUT2D eigenvalue weighted by Gasteiger charge is 2.31. The van der Waals surface area contributed by atoms with Crippen LogP contribution in [-0.2, 0) is 6.54 Å². The molecule has 0 atom stereocenters. The molecule has 1 aliphatic rings. The summed E-state index contributed by atoms with van der Waals surface area (Å²) in [7, 11) is 0. The zero-order chi connectivity index (χ0) is 12.5. The predicted molar refractivity (Wildman–Crippen MR) is 69.7 cm³/mol. The summed E-state index contributed by atoms with van der Waals surface area (Å²) in [5.74, 6) is 4.91. The Morgan fingerprint density at radius 3 is 2.94 bits per heavy atom. The minimum atomic E-state index is -0.207. The van der Waals surface area contributed by atoms with Gasteiger partial charge in [0.05, 0.1) is 4.88 Å². The molecule has 17 heavy (non-hydrogen) atoms. The fraction of sp³-hybridized carbons (Fsp3) is 0.583. The second-order valence-electron chi connectivity index (χ2n) is 5.08. The van der Waals surface area contributed by atoms with Gasteiger partial charge in [0, 0.05) is 17.0 Å². The minimum Gasteiger partial charge on any atom is -0.293 e. The molecule has 1 aliphatic heterocycles. The summed E-state index contributed by atoms with van der Waals surface area (Å²) in [5, 5.41) is 0. The molecule has 5 heteroatoms. The van der Waals surface area contributed by atoms with Gasteiger partial charge in [0.1, 0.15) is 0 Å². The SMILES string of the molecule is CC1(C)CCCN1Cc1ccc(C(=O)NN)s1. The van der Waals surface area contributed by atoms with Gasteiger partial charge in [0.15, 0.2) is 0 Å². The third-order valence-corrected chi connectivity index (χ3v) is 4.50. The van der Waals surface area contributed by atoms with Crippen molar-refractivity contribution in [2.24, 2.45) is 5.84 Å². The van der Waals surface area contributed by atoms with E-state index in [-0.39, 0.29) is 11.4 Å². The summed E-state index contributed by atoms with van der Waals surface area (Å²) in [6.07, 6.45) is 2.50. The first-order valence-electron chi connectivity index (χ1n) is 5.87. The van der Waals surface area contributed by atoms with Crippen LogP contribution in [0.3, 0.4) is 0 Å². The molecule has 1 fully saturated rings. The standard InChI is InChI=1S/C12H19N3OS/c1-12(2)6-3-7-15(12)8-9-4-5-10(17-9)11(16)14-13/h4-5H,3,6-8,13H2,1-2H3,(H,14,16). The molecule has 0 unspecified atom stereocenters. The van der Waals surface area contributed by atoms with E-state index >= 15 is 0 Å². The van der Waals surface area contributed by atoms with Crippen LogP contribution >= 0.6 is 11.3 Å². The lowest BCUT2D eigenvalue weighted by molar-refractivity contribution is 0.0957. The lowest BCUT2D eigenvalue weighted by Gasteiger charge is -2.31. The van der Waals surface area contributed by atoms with Crippen molar-refractivity contribution in [2.45, 2.75) is 38.8 Å². The fourth-order valence-corrected chi connectivity index (χ4v) is 3.23. The first-order chi connectivity index (χ1) is 8.03. The summed E-state index contributed by atoms with van der Waals surface area (Å²) in [6.45, 7) is 6.63. The largest absolute Gasteiger partial charge is 0.293 e. The van der Waals surface area contributed by atoms with E-state index in [2.05, 4.69) is 24.2 Å². The van der Waals surface area contributed by atoms with Crippen LogP contribution in [0.2, 0.25) is 0 Å². The molecule has 2 rings (SSSR count). The first kappa shape index (κ1) is 12.5. The average molecular weight is 253 g/mol. The van der Waals surface area contributed by atoms with Gasteiger partial charge in [-0.1, -0.05) is 0 Å². The molecule has 2 heterocycles. The zero-order valence-corrected chi connectivity index (χ0v) is 11.1. The number of nitrogens with two attached hydrogens (primary N) is 1. The molecule has 1 aromatic rings. The van der Waals surface area contributed by atoms with Crippen molar-refractivity contribution in [3.05, 3.63) is 21.9 Å². The molecule has 0 bridgehead atoms. The van der Waals surface area contributed by atoms with E-state index in [1.54, 1.807) is 0 Å². The van der Waals surface area contributed by atoms with Crippen LogP contribution in [0.1, 0.15) is 41.2 Å². The average Bonchev–Trinajstić information content (AvgIpc) is 2.86. The van der Waals surface area contributed by atoms with Crippen LogP contribution in [0.4, 0.5) is 0 Å². The van der Waals surface area contributed by atoms with Crippen molar-refractivity contribution in [2.75, 3.05) is 6.54 Å². The molecule has 3 N–H and O–H groups in total. The van der Waals surface area contributed by atoms with Crippen molar-refractivity contribution in [3.8, 4) is 0 Å². The maximum atomic E-state index is 11.4. The van der Waals surface area contributed by atoms with Crippen LogP contribution in [0.25, 0.3) is 0 Å². The first-order valence-corrected chi connectivity index (χ1v) is 6.69. The lowest BCUT2D eigenvalue weighted by Crippen LogP contribution is -2.37. The number of nitrogens with zero attached hydrogens (tertiary/aromatic N) is 1. The topological polar surface area (TPSA) is 58.4 Å². The van der Waals surface area contributed by atoms with Crippen LogP contribution in [0.5, 0.6) is 0 Å². The summed E-state index contributed by atoms with van der Waals surface area (Å²) >= 11 is 1.52. The fourth-order valence-electron chi connectivity index (χ4n) is 2.30. The van der Waals surface area contributed by atoms with Crippen molar-refractivity contribution >= 4 is 17.2 Å². The molecule has 94 valence electrons. The highest BCUT2D eigenvalue weighted by Crippen LogP contribution is 2.31. The van der Waals surface area contributed by atoms with Crippen LogP contribution in [0.15, 0.2) is 12.1 Å². The Balaban J connectivity index is 2.04. The molecular formula is C12H19N3OS. The maximum Gasteiger partial charge on any atom is 0.275 e. The highest BCUT2D eigenvalue weighted by molar-refractivity contribution is 7.14. The number of nitrogen functional groups attached to an aromatic ring is 1. The van der Waals surface area contributed by atoms with Gasteiger partial charge in [0.25, 0.3) is 5.91 Å². The van der Waals surface area contributed by atoms with Crippen LogP contribution in [0, 0.1) is 0 Å². The van der Waals surface area contributed by atoms with E-state index in [9.17, 15) is 4.79 Å². The smallest absolute Gasteiger partial charge is 0.275 e. The number of likely N-dealkylation sites (tertiary alicyclic amines) is 1. The third kappa shape index (κ3) is 2.68. The lowest BCUT2D eigenvalue weighted by atomic mass is 10.0. The quantitative estimate of drug-likeness (QED) is 0.490. The summed E-state index contributed by atoms with van der Waals surface area (Å²) < 4.78 is 0. The number of rotatable bonds is 3. The molecular weight excluding hydrogens is 234 g/mol. The van der Waals surface area contributed by atoms with Crippen molar-refractivity contribution < 1.29 is 4.79 Å². The van der Waals surface area contributed by atoms with Gasteiger partial charge in [0.2, 0.25) is 0 Å². The molecule has 1 saturated heterocycles. The van der Waals surface area contributed by atoms with E-state index in [1.165, 1.54) is 29.1 Å². The molecule has 0 aliphatic carbocycles. The number of carbonyl (C=O) groups is 1. The zero-order valence-electron chi connectivity index (χ0n) is 10.3. The van der Waals surface area contributed by atoms with Gasteiger partial charge < -0.3 is 0 Å². The summed E-state index contributed by atoms with van der Waals surface area (Å²) in [4.78, 5) is 15.7. The normalized spacial score (nSPS) is 19.5. The van der Waals surface area contributed by atoms with Crippen molar-refractivity contribution in [1.29, 1.82) is 0 Å². The highest BCUT2D eigenvalue weighted by atomic mass is 32.1. The van der Waals surface area contributed by atoms with E-state index in [1.807, 2.05) is 12.1 Å². The number of amides is 1. The molecule has 0 spiro atoms. The molecule has 0 saturated carbocycles. The molecule has 1 amide bonds. The Kier molecular flexibility index (Phi) is 3.51. The van der Waals surface area contributed by atoms with Crippen LogP contribution < -0.4 is 11.3 Å². The predicted octanol–water partition coefficient (Wildman–Crippen LogP) is 1.73. The van der Waals surface area contributed by atoms with Crippen LogP contribution in [-0.4, -0.2) is 22.9 Å². The minimum absolute atomic E-state index is 0.207. The van der Waals surface area contributed by atoms with E-state index in [0.29, 0.717) is 4.88 Å². The van der Waals surface area contributed by atoms with Gasteiger partial charge in [-0.15, -0.1) is 11.3 Å². The Hall–Kier alpha value is -0.910. The Bertz CT molecular complexity index is 414. The van der Waals surface area contributed by atoms with E-state index in [0.717, 1.165) is 13.1 Å². The molecule has 0 aromatic carbocycles. The van der Waals surface area contributed by atoms with Gasteiger partial charge in [-0.3, -0.25) is 15.1 Å². The van der Waals surface area contributed by atoms with E-state index < -0.39 is 0 Å². The number of thiophene rings is 1. The number of carbonyl (C=O) groups excluding carboxylic acids is 1. The number of hydrogen-bond donors (Lipinski definition) is 2. The Morgan fingerprint density at radius 1 is 1.59 bits per heavy atom. The van der Waals surface area contributed by atoms with E-state index in [4.69, 9.17) is 5.84 Å². The third-order valence-electron chi connectivity index (χ3n) is 3.44. The Labute approximate surface area is 106 Å². The summed E-state index contributed by atoms with van der Waals surface area (Å²) in [6, 6.07) is 3.86. The molecule has 4 nitrogen and oxygen atoms in total. The van der Waals surface area contributed by atoms with Crippen molar-refractivity contribution in [3.63, 3.8) is 0 Å². The second kappa shape index (κ2) is 4.76.